The van der Waals surface area contributed by atoms with E-state index in [4.69, 9.17) is 10.2 Å². The maximum atomic E-state index is 8.68. The summed E-state index contributed by atoms with van der Waals surface area (Å²) < 4.78 is 0. The second-order valence-electron chi connectivity index (χ2n) is 2.74. The fourth-order valence-corrected chi connectivity index (χ4v) is 1.46. The maximum Gasteiger partial charge on any atom is 0.0620 e. The van der Waals surface area contributed by atoms with Gasteiger partial charge in [-0.05, 0) is 6.42 Å². The van der Waals surface area contributed by atoms with Gasteiger partial charge in [-0.25, -0.2) is 0 Å². The van der Waals surface area contributed by atoms with E-state index < -0.39 is 0 Å². The molecule has 1 heterocycles. The van der Waals surface area contributed by atoms with Crippen LogP contribution in [0.3, 0.4) is 0 Å². The Morgan fingerprint density at radius 3 is 2.82 bits per heavy atom. The van der Waals surface area contributed by atoms with Crippen LogP contribution in [-0.4, -0.2) is 54.1 Å². The first-order valence-electron chi connectivity index (χ1n) is 4.07. The third-order valence-electron chi connectivity index (χ3n) is 2.01. The molecule has 1 atom stereocenters. The van der Waals surface area contributed by atoms with Crippen molar-refractivity contribution < 1.29 is 10.2 Å². The van der Waals surface area contributed by atoms with Gasteiger partial charge < -0.3 is 15.5 Å². The fraction of sp³-hybridized carbons (Fsp3) is 1.00. The highest BCUT2D eigenvalue weighted by atomic mass is 16.3. The van der Waals surface area contributed by atoms with Crippen LogP contribution in [0.15, 0.2) is 0 Å². The van der Waals surface area contributed by atoms with Gasteiger partial charge in [-0.15, -0.1) is 0 Å². The molecule has 1 unspecified atom stereocenters. The monoisotopic (exact) mass is 160 g/mol. The van der Waals surface area contributed by atoms with Crippen LogP contribution in [0, 0.1) is 0 Å². The fourth-order valence-electron chi connectivity index (χ4n) is 1.46. The topological polar surface area (TPSA) is 55.7 Å². The Morgan fingerprint density at radius 2 is 2.18 bits per heavy atom. The third kappa shape index (κ3) is 2.41. The summed E-state index contributed by atoms with van der Waals surface area (Å²) in [7, 11) is 0. The number of rotatable bonds is 4. The Labute approximate surface area is 66.8 Å². The molecule has 0 radical (unpaired) electrons. The molecule has 66 valence electrons. The minimum absolute atomic E-state index is 0.198. The highest BCUT2D eigenvalue weighted by molar-refractivity contribution is 4.76. The van der Waals surface area contributed by atoms with Gasteiger partial charge >= 0.3 is 0 Å². The van der Waals surface area contributed by atoms with E-state index in [-0.39, 0.29) is 19.4 Å². The molecule has 1 aliphatic rings. The molecule has 0 saturated carbocycles. The van der Waals surface area contributed by atoms with E-state index >= 15 is 0 Å². The smallest absolute Gasteiger partial charge is 0.0620 e. The zero-order chi connectivity index (χ0) is 8.10. The van der Waals surface area contributed by atoms with Crippen LogP contribution in [-0.2, 0) is 0 Å². The second kappa shape index (κ2) is 4.66. The quantitative estimate of drug-likeness (QED) is 0.473. The van der Waals surface area contributed by atoms with Gasteiger partial charge in [-0.2, -0.15) is 0 Å². The van der Waals surface area contributed by atoms with Gasteiger partial charge in [0.15, 0.2) is 0 Å². The molecule has 4 nitrogen and oxygen atoms in total. The normalized spacial score (nSPS) is 26.2. The van der Waals surface area contributed by atoms with Crippen LogP contribution in [0.4, 0.5) is 0 Å². The standard InChI is InChI=1S/C7H16N2O2/c10-5-1-7-8-2-3-9(7)4-6-11/h7-8,10-11H,1-6H2. The second-order valence-corrected chi connectivity index (χ2v) is 2.74. The number of nitrogens with one attached hydrogen (secondary N) is 1. The van der Waals surface area contributed by atoms with Gasteiger partial charge in [0.05, 0.1) is 12.8 Å². The first kappa shape index (κ1) is 8.93. The van der Waals surface area contributed by atoms with Crippen LogP contribution >= 0.6 is 0 Å². The summed E-state index contributed by atoms with van der Waals surface area (Å²) in [5, 5.41) is 20.6. The summed E-state index contributed by atoms with van der Waals surface area (Å²) in [6, 6.07) is 0. The molecule has 0 aromatic heterocycles. The van der Waals surface area contributed by atoms with Crippen molar-refractivity contribution in [3.05, 3.63) is 0 Å². The minimum Gasteiger partial charge on any atom is -0.396 e. The number of hydrogen-bond donors (Lipinski definition) is 3. The van der Waals surface area contributed by atoms with E-state index in [0.717, 1.165) is 19.5 Å². The minimum atomic E-state index is 0.198. The van der Waals surface area contributed by atoms with Gasteiger partial charge in [0.2, 0.25) is 0 Å². The van der Waals surface area contributed by atoms with E-state index in [2.05, 4.69) is 10.2 Å². The van der Waals surface area contributed by atoms with Crippen LogP contribution in [0.1, 0.15) is 6.42 Å². The van der Waals surface area contributed by atoms with Gasteiger partial charge in [-0.3, -0.25) is 4.90 Å². The molecule has 1 fully saturated rings. The lowest BCUT2D eigenvalue weighted by Crippen LogP contribution is -2.38. The Kier molecular flexibility index (Phi) is 3.79. The van der Waals surface area contributed by atoms with E-state index in [1.807, 2.05) is 0 Å². The maximum absolute atomic E-state index is 8.68. The van der Waals surface area contributed by atoms with Crippen LogP contribution in [0.5, 0.6) is 0 Å². The number of aliphatic hydroxyl groups excluding tert-OH is 2. The lowest BCUT2D eigenvalue weighted by molar-refractivity contribution is 0.152. The molecule has 11 heavy (non-hydrogen) atoms. The van der Waals surface area contributed by atoms with Gasteiger partial charge in [0.25, 0.3) is 0 Å². The summed E-state index contributed by atoms with van der Waals surface area (Å²) in [6.07, 6.45) is 1.02. The predicted molar refractivity (Wildman–Crippen MR) is 42.2 cm³/mol. The molecule has 1 aliphatic heterocycles. The Morgan fingerprint density at radius 1 is 1.36 bits per heavy atom. The van der Waals surface area contributed by atoms with Crippen molar-refractivity contribution in [2.45, 2.75) is 12.6 Å². The molecule has 0 aromatic carbocycles. The van der Waals surface area contributed by atoms with Crippen molar-refractivity contribution in [3.63, 3.8) is 0 Å². The number of aliphatic hydroxyl groups is 2. The van der Waals surface area contributed by atoms with Crippen LogP contribution in [0.2, 0.25) is 0 Å². The first-order valence-corrected chi connectivity index (χ1v) is 4.07. The van der Waals surface area contributed by atoms with Crippen molar-refractivity contribution in [2.75, 3.05) is 32.8 Å². The molecule has 0 spiro atoms. The van der Waals surface area contributed by atoms with Crippen molar-refractivity contribution in [2.24, 2.45) is 0 Å². The number of hydrogen-bond acceptors (Lipinski definition) is 4. The van der Waals surface area contributed by atoms with Gasteiger partial charge in [0, 0.05) is 26.2 Å². The van der Waals surface area contributed by atoms with Crippen molar-refractivity contribution in [1.82, 2.24) is 10.2 Å². The summed E-state index contributed by atoms with van der Waals surface area (Å²) in [4.78, 5) is 2.15. The molecule has 1 rings (SSSR count). The average Bonchev–Trinajstić information content (AvgIpc) is 2.39. The molecule has 4 heteroatoms. The van der Waals surface area contributed by atoms with Crippen molar-refractivity contribution in [1.29, 1.82) is 0 Å². The van der Waals surface area contributed by atoms with E-state index in [1.54, 1.807) is 0 Å². The van der Waals surface area contributed by atoms with Crippen molar-refractivity contribution >= 4 is 0 Å². The molecule has 1 saturated heterocycles. The largest absolute Gasteiger partial charge is 0.396 e. The lowest BCUT2D eigenvalue weighted by atomic mass is 10.3. The zero-order valence-electron chi connectivity index (χ0n) is 6.66. The van der Waals surface area contributed by atoms with Crippen LogP contribution in [0.25, 0.3) is 0 Å². The Bertz CT molecular complexity index is 98.6. The molecule has 3 N–H and O–H groups in total. The molecule has 0 bridgehead atoms. The summed E-state index contributed by atoms with van der Waals surface area (Å²) in [6.45, 7) is 3.05. The summed E-state index contributed by atoms with van der Waals surface area (Å²) >= 11 is 0. The predicted octanol–water partition coefficient (Wildman–Crippen LogP) is -1.41. The SMILES string of the molecule is OCCC1NCCN1CCO. The first-order chi connectivity index (χ1) is 5.38. The third-order valence-corrected chi connectivity index (χ3v) is 2.01. The lowest BCUT2D eigenvalue weighted by Gasteiger charge is -2.21. The molecular weight excluding hydrogens is 144 g/mol. The molecule has 0 amide bonds. The van der Waals surface area contributed by atoms with Crippen molar-refractivity contribution in [3.8, 4) is 0 Å². The Hall–Kier alpha value is -0.160. The van der Waals surface area contributed by atoms with Crippen LogP contribution < -0.4 is 5.32 Å². The van der Waals surface area contributed by atoms with E-state index in [1.165, 1.54) is 0 Å². The average molecular weight is 160 g/mol. The highest BCUT2D eigenvalue weighted by Gasteiger charge is 2.21. The van der Waals surface area contributed by atoms with E-state index in [9.17, 15) is 0 Å². The number of β-amino-alcohol motifs (C(OH)–C–C–N with tert-alkyl or cyclic N) is 1. The zero-order valence-corrected chi connectivity index (χ0v) is 6.66. The summed E-state index contributed by atoms with van der Waals surface area (Å²) in [5.74, 6) is 0. The van der Waals surface area contributed by atoms with Gasteiger partial charge in [0.1, 0.15) is 0 Å². The molecular formula is C7H16N2O2. The Balaban J connectivity index is 2.25. The molecule has 0 aliphatic carbocycles. The van der Waals surface area contributed by atoms with E-state index in [0.29, 0.717) is 6.54 Å². The number of nitrogens with zero attached hydrogens (tertiary/aromatic N) is 1. The summed E-state index contributed by atoms with van der Waals surface area (Å²) in [5.41, 5.74) is 0. The highest BCUT2D eigenvalue weighted by Crippen LogP contribution is 2.05. The molecule has 0 aromatic rings. The van der Waals surface area contributed by atoms with Gasteiger partial charge in [-0.1, -0.05) is 0 Å².